The maximum Gasteiger partial charge on any atom is 0.320 e. The van der Waals surface area contributed by atoms with Crippen LogP contribution in [-0.4, -0.2) is 24.2 Å². The van der Waals surface area contributed by atoms with E-state index in [1.807, 2.05) is 0 Å². The molecule has 0 heterocycles. The van der Waals surface area contributed by atoms with E-state index in [0.29, 0.717) is 5.92 Å². The van der Waals surface area contributed by atoms with Crippen LogP contribution in [0.5, 0.6) is 0 Å². The predicted molar refractivity (Wildman–Crippen MR) is 45.1 cm³/mol. The van der Waals surface area contributed by atoms with E-state index in [2.05, 4.69) is 5.32 Å². The third-order valence-corrected chi connectivity index (χ3v) is 2.20. The summed E-state index contributed by atoms with van der Waals surface area (Å²) in [7, 11) is 1.71. The number of hydrogen-bond donors (Lipinski definition) is 2. The topological polar surface area (TPSA) is 49.3 Å². The van der Waals surface area contributed by atoms with E-state index in [-0.39, 0.29) is 18.4 Å². The van der Waals surface area contributed by atoms with Crippen molar-refractivity contribution < 1.29 is 9.90 Å². The summed E-state index contributed by atoms with van der Waals surface area (Å²) in [6, 6.07) is -0.311. The predicted octanol–water partition coefficient (Wildman–Crippen LogP) is 0.881. The highest BCUT2D eigenvalue weighted by Gasteiger charge is 2.30. The molecule has 0 aliphatic heterocycles. The van der Waals surface area contributed by atoms with Gasteiger partial charge < -0.3 is 10.4 Å². The summed E-state index contributed by atoms with van der Waals surface area (Å²) >= 11 is 0. The second-order valence-corrected chi connectivity index (χ2v) is 2.80. The number of rotatable bonds is 3. The lowest BCUT2D eigenvalue weighted by Crippen LogP contribution is -2.43. The molecule has 0 aromatic heterocycles. The molecule has 2 N–H and O–H groups in total. The van der Waals surface area contributed by atoms with Gasteiger partial charge in [-0.1, -0.05) is 6.42 Å². The van der Waals surface area contributed by atoms with E-state index in [4.69, 9.17) is 5.11 Å². The molecule has 66 valence electrons. The number of aliphatic carboxylic acids is 1. The van der Waals surface area contributed by atoms with E-state index >= 15 is 0 Å². The first-order valence-corrected chi connectivity index (χ1v) is 3.65. The minimum absolute atomic E-state index is 0. The Hall–Kier alpha value is -0.280. The van der Waals surface area contributed by atoms with Crippen LogP contribution in [-0.2, 0) is 4.79 Å². The first kappa shape index (κ1) is 10.7. The first-order chi connectivity index (χ1) is 4.75. The average Bonchev–Trinajstić information content (AvgIpc) is 1.76. The van der Waals surface area contributed by atoms with Crippen LogP contribution >= 0.6 is 12.4 Å². The van der Waals surface area contributed by atoms with Crippen molar-refractivity contribution in [3.05, 3.63) is 0 Å². The Morgan fingerprint density at radius 2 is 2.18 bits per heavy atom. The highest BCUT2D eigenvalue weighted by atomic mass is 35.5. The molecule has 4 heteroatoms. The largest absolute Gasteiger partial charge is 0.480 e. The number of hydrogen-bond acceptors (Lipinski definition) is 2. The van der Waals surface area contributed by atoms with Gasteiger partial charge >= 0.3 is 5.97 Å². The lowest BCUT2D eigenvalue weighted by Gasteiger charge is -2.30. The molecular weight excluding hydrogens is 166 g/mol. The maximum absolute atomic E-state index is 10.5. The summed E-state index contributed by atoms with van der Waals surface area (Å²) in [5.41, 5.74) is 0. The molecule has 11 heavy (non-hydrogen) atoms. The van der Waals surface area contributed by atoms with Crippen LogP contribution in [0.25, 0.3) is 0 Å². The summed E-state index contributed by atoms with van der Waals surface area (Å²) < 4.78 is 0. The summed E-state index contributed by atoms with van der Waals surface area (Å²) in [5, 5.41) is 11.5. The molecule has 0 radical (unpaired) electrons. The van der Waals surface area contributed by atoms with Gasteiger partial charge in [-0.25, -0.2) is 0 Å². The van der Waals surface area contributed by atoms with E-state index in [0.717, 1.165) is 12.8 Å². The fourth-order valence-electron chi connectivity index (χ4n) is 1.33. The summed E-state index contributed by atoms with van der Waals surface area (Å²) in [6.07, 6.45) is 3.33. The minimum Gasteiger partial charge on any atom is -0.480 e. The van der Waals surface area contributed by atoms with Gasteiger partial charge in [0.25, 0.3) is 0 Å². The molecule has 0 amide bonds. The second-order valence-electron chi connectivity index (χ2n) is 2.80. The van der Waals surface area contributed by atoms with E-state index in [9.17, 15) is 4.79 Å². The summed E-state index contributed by atoms with van der Waals surface area (Å²) in [4.78, 5) is 10.5. The Bertz CT molecular complexity index is 136. The average molecular weight is 180 g/mol. The second kappa shape index (κ2) is 4.57. The third kappa shape index (κ3) is 2.34. The van der Waals surface area contributed by atoms with E-state index in [1.54, 1.807) is 7.05 Å². The van der Waals surface area contributed by atoms with Gasteiger partial charge in [-0.3, -0.25) is 4.79 Å². The number of carboxylic acid groups (broad SMARTS) is 1. The smallest absolute Gasteiger partial charge is 0.320 e. The molecule has 0 aromatic rings. The van der Waals surface area contributed by atoms with Crippen molar-refractivity contribution in [2.45, 2.75) is 25.3 Å². The lowest BCUT2D eigenvalue weighted by atomic mass is 9.80. The monoisotopic (exact) mass is 179 g/mol. The Morgan fingerprint density at radius 3 is 2.27 bits per heavy atom. The van der Waals surface area contributed by atoms with Gasteiger partial charge in [-0.15, -0.1) is 12.4 Å². The maximum atomic E-state index is 10.5. The minimum atomic E-state index is -0.716. The number of likely N-dealkylation sites (N-methyl/N-ethyl adjacent to an activating group) is 1. The van der Waals surface area contributed by atoms with E-state index in [1.165, 1.54) is 6.42 Å². The summed E-state index contributed by atoms with van der Waals surface area (Å²) in [6.45, 7) is 0. The molecule has 1 aliphatic carbocycles. The number of carbonyl (C=O) groups is 1. The third-order valence-electron chi connectivity index (χ3n) is 2.20. The molecule has 3 nitrogen and oxygen atoms in total. The van der Waals surface area contributed by atoms with Crippen LogP contribution in [0.3, 0.4) is 0 Å². The van der Waals surface area contributed by atoms with E-state index < -0.39 is 5.97 Å². The van der Waals surface area contributed by atoms with Crippen LogP contribution < -0.4 is 5.32 Å². The Balaban J connectivity index is 0.000001000. The molecule has 1 saturated carbocycles. The van der Waals surface area contributed by atoms with Crippen LogP contribution in [0.15, 0.2) is 0 Å². The molecule has 0 bridgehead atoms. The molecule has 1 rings (SSSR count). The molecule has 0 unspecified atom stereocenters. The van der Waals surface area contributed by atoms with Gasteiger partial charge in [0.05, 0.1) is 0 Å². The number of nitrogens with one attached hydrogen (secondary N) is 1. The van der Waals surface area contributed by atoms with Crippen molar-refractivity contribution in [2.24, 2.45) is 5.92 Å². The molecule has 1 fully saturated rings. The van der Waals surface area contributed by atoms with Crippen molar-refractivity contribution in [1.29, 1.82) is 0 Å². The van der Waals surface area contributed by atoms with Crippen molar-refractivity contribution in [1.82, 2.24) is 5.32 Å². The van der Waals surface area contributed by atoms with Crippen LogP contribution in [0.1, 0.15) is 19.3 Å². The van der Waals surface area contributed by atoms with Gasteiger partial charge in [-0.05, 0) is 25.8 Å². The quantitative estimate of drug-likeness (QED) is 0.677. The number of halogens is 1. The van der Waals surface area contributed by atoms with Gasteiger partial charge in [0.1, 0.15) is 6.04 Å². The lowest BCUT2D eigenvalue weighted by molar-refractivity contribution is -0.141. The van der Waals surface area contributed by atoms with Gasteiger partial charge in [0.2, 0.25) is 0 Å². The molecule has 1 aliphatic rings. The van der Waals surface area contributed by atoms with Gasteiger partial charge in [0.15, 0.2) is 0 Å². The van der Waals surface area contributed by atoms with Gasteiger partial charge in [-0.2, -0.15) is 0 Å². The molecule has 1 atom stereocenters. The SMILES string of the molecule is CN[C@@H](C(=O)O)C1CCC1.Cl. The number of carboxylic acids is 1. The fourth-order valence-corrected chi connectivity index (χ4v) is 1.33. The highest BCUT2D eigenvalue weighted by molar-refractivity contribution is 5.85. The van der Waals surface area contributed by atoms with Crippen molar-refractivity contribution in [3.63, 3.8) is 0 Å². The van der Waals surface area contributed by atoms with Crippen LogP contribution in [0.2, 0.25) is 0 Å². The molecular formula is C7H14ClNO2. The first-order valence-electron chi connectivity index (χ1n) is 3.65. The van der Waals surface area contributed by atoms with Crippen LogP contribution in [0.4, 0.5) is 0 Å². The zero-order valence-electron chi connectivity index (χ0n) is 6.54. The van der Waals surface area contributed by atoms with Gasteiger partial charge in [0, 0.05) is 0 Å². The Kier molecular flexibility index (Phi) is 4.45. The standard InChI is InChI=1S/C7H13NO2.ClH/c1-8-6(7(9)10)5-3-2-4-5;/h5-6,8H,2-4H2,1H3,(H,9,10);1H/t6-;/m1./s1. The molecule has 0 aromatic carbocycles. The van der Waals surface area contributed by atoms with Crippen LogP contribution in [0, 0.1) is 5.92 Å². The van der Waals surface area contributed by atoms with Crippen molar-refractivity contribution >= 4 is 18.4 Å². The highest BCUT2D eigenvalue weighted by Crippen LogP contribution is 2.29. The Morgan fingerprint density at radius 1 is 1.64 bits per heavy atom. The van der Waals surface area contributed by atoms with Crippen molar-refractivity contribution in [3.8, 4) is 0 Å². The zero-order valence-corrected chi connectivity index (χ0v) is 7.36. The Labute approximate surface area is 72.6 Å². The molecule has 0 saturated heterocycles. The fraction of sp³-hybridized carbons (Fsp3) is 0.857. The zero-order chi connectivity index (χ0) is 7.56. The summed E-state index contributed by atoms with van der Waals surface area (Å²) in [5.74, 6) is -0.338. The normalized spacial score (nSPS) is 19.7. The van der Waals surface area contributed by atoms with Crippen molar-refractivity contribution in [2.75, 3.05) is 7.05 Å². The molecule has 0 spiro atoms.